The molecular weight excluding hydrogens is 324 g/mol. The summed E-state index contributed by atoms with van der Waals surface area (Å²) < 4.78 is 28.5. The molecule has 1 aromatic heterocycles. The van der Waals surface area contributed by atoms with Gasteiger partial charge in [0.1, 0.15) is 11.6 Å². The molecule has 0 bridgehead atoms. The van der Waals surface area contributed by atoms with Gasteiger partial charge in [-0.25, -0.2) is 13.5 Å². The first-order valence-corrected chi connectivity index (χ1v) is 8.24. The summed E-state index contributed by atoms with van der Waals surface area (Å²) in [7, 11) is 0. The molecule has 1 fully saturated rings. The van der Waals surface area contributed by atoms with Crippen LogP contribution in [0.3, 0.4) is 0 Å². The van der Waals surface area contributed by atoms with Gasteiger partial charge in [0.2, 0.25) is 0 Å². The van der Waals surface area contributed by atoms with Gasteiger partial charge in [-0.05, 0) is 25.0 Å². The number of fused-ring (bicyclic) bond motifs is 1. The third kappa shape index (κ3) is 3.30. The highest BCUT2D eigenvalue weighted by Crippen LogP contribution is 2.29. The summed E-state index contributed by atoms with van der Waals surface area (Å²) in [6.07, 6.45) is 3.68. The highest BCUT2D eigenvalue weighted by atomic mass is 19.1. The molecule has 3 aromatic rings. The maximum absolute atomic E-state index is 14.0. The van der Waals surface area contributed by atoms with Crippen LogP contribution in [0.5, 0.6) is 0 Å². The Bertz CT molecular complexity index is 982. The van der Waals surface area contributed by atoms with Crippen LogP contribution in [0.25, 0.3) is 10.8 Å². The normalized spacial score (nSPS) is 14.4. The number of hydrogen-bond acceptors (Lipinski definition) is 3. The zero-order valence-corrected chi connectivity index (χ0v) is 13.5. The van der Waals surface area contributed by atoms with Crippen LogP contribution in [0.4, 0.5) is 8.78 Å². The highest BCUT2D eigenvalue weighted by molar-refractivity contribution is 5.80. The van der Waals surface area contributed by atoms with Crippen LogP contribution in [0, 0.1) is 11.6 Å². The number of rotatable bonds is 5. The van der Waals surface area contributed by atoms with Crippen LogP contribution < -0.4 is 5.56 Å². The molecule has 2 aromatic carbocycles. The number of halogens is 2. The summed E-state index contributed by atoms with van der Waals surface area (Å²) in [5, 5.41) is 5.65. The van der Waals surface area contributed by atoms with E-state index in [1.54, 1.807) is 12.3 Å². The maximum Gasteiger partial charge on any atom is 0.275 e. The second-order valence-electron chi connectivity index (χ2n) is 6.39. The minimum absolute atomic E-state index is 0.164. The van der Waals surface area contributed by atoms with Crippen LogP contribution in [-0.4, -0.2) is 20.7 Å². The minimum atomic E-state index is -0.591. The maximum atomic E-state index is 14.0. The molecular formula is C19H17F2N3O. The first-order valence-electron chi connectivity index (χ1n) is 8.24. The first kappa shape index (κ1) is 15.9. The molecule has 0 atom stereocenters. The van der Waals surface area contributed by atoms with E-state index in [1.807, 2.05) is 23.1 Å². The lowest BCUT2D eigenvalue weighted by atomic mass is 10.2. The molecule has 6 heteroatoms. The van der Waals surface area contributed by atoms with Crippen molar-refractivity contribution < 1.29 is 8.78 Å². The lowest BCUT2D eigenvalue weighted by molar-refractivity contribution is 0.182. The van der Waals surface area contributed by atoms with Gasteiger partial charge in [0.15, 0.2) is 0 Å². The fourth-order valence-electron chi connectivity index (χ4n) is 3.00. The van der Waals surface area contributed by atoms with Crippen molar-refractivity contribution in [3.8, 4) is 0 Å². The summed E-state index contributed by atoms with van der Waals surface area (Å²) in [5.41, 5.74) is 0.255. The monoisotopic (exact) mass is 341 g/mol. The molecule has 0 spiro atoms. The van der Waals surface area contributed by atoms with Crippen LogP contribution in [0.2, 0.25) is 0 Å². The Kier molecular flexibility index (Phi) is 4.05. The van der Waals surface area contributed by atoms with E-state index in [0.29, 0.717) is 23.5 Å². The zero-order chi connectivity index (χ0) is 17.4. The molecule has 0 aliphatic heterocycles. The van der Waals surface area contributed by atoms with E-state index in [2.05, 4.69) is 5.10 Å². The van der Waals surface area contributed by atoms with Crippen molar-refractivity contribution in [2.24, 2.45) is 0 Å². The Morgan fingerprint density at radius 1 is 1.16 bits per heavy atom. The predicted molar refractivity (Wildman–Crippen MR) is 90.9 cm³/mol. The van der Waals surface area contributed by atoms with Crippen molar-refractivity contribution in [1.29, 1.82) is 0 Å². The number of nitrogens with zero attached hydrogens (tertiary/aromatic N) is 3. The average Bonchev–Trinajstić information content (AvgIpc) is 3.44. The zero-order valence-electron chi connectivity index (χ0n) is 13.5. The van der Waals surface area contributed by atoms with Gasteiger partial charge in [-0.3, -0.25) is 9.69 Å². The lowest BCUT2D eigenvalue weighted by Gasteiger charge is -2.22. The largest absolute Gasteiger partial charge is 0.277 e. The molecule has 1 heterocycles. The van der Waals surface area contributed by atoms with Gasteiger partial charge in [-0.15, -0.1) is 0 Å². The Hall–Kier alpha value is -2.60. The third-order valence-corrected chi connectivity index (χ3v) is 4.53. The van der Waals surface area contributed by atoms with Gasteiger partial charge >= 0.3 is 0 Å². The topological polar surface area (TPSA) is 38.1 Å². The molecule has 4 rings (SSSR count). The van der Waals surface area contributed by atoms with Crippen molar-refractivity contribution in [1.82, 2.24) is 14.7 Å². The Morgan fingerprint density at radius 3 is 2.72 bits per heavy atom. The van der Waals surface area contributed by atoms with E-state index in [4.69, 9.17) is 0 Å². The van der Waals surface area contributed by atoms with Crippen molar-refractivity contribution >= 4 is 10.8 Å². The number of hydrogen-bond donors (Lipinski definition) is 0. The van der Waals surface area contributed by atoms with Gasteiger partial charge in [-0.1, -0.05) is 24.3 Å². The van der Waals surface area contributed by atoms with Crippen LogP contribution in [0.15, 0.2) is 53.5 Å². The third-order valence-electron chi connectivity index (χ3n) is 4.53. The summed E-state index contributed by atoms with van der Waals surface area (Å²) >= 11 is 0. The van der Waals surface area contributed by atoms with Crippen molar-refractivity contribution in [3.05, 3.63) is 76.2 Å². The van der Waals surface area contributed by atoms with Crippen molar-refractivity contribution in [2.45, 2.75) is 32.1 Å². The lowest BCUT2D eigenvalue weighted by Crippen LogP contribution is -2.35. The molecule has 0 radical (unpaired) electrons. The molecule has 0 unspecified atom stereocenters. The molecule has 0 saturated heterocycles. The summed E-state index contributed by atoms with van der Waals surface area (Å²) in [4.78, 5) is 14.6. The molecule has 0 amide bonds. The van der Waals surface area contributed by atoms with E-state index < -0.39 is 11.6 Å². The Labute approximate surface area is 143 Å². The van der Waals surface area contributed by atoms with E-state index >= 15 is 0 Å². The average molecular weight is 341 g/mol. The van der Waals surface area contributed by atoms with Crippen LogP contribution in [-0.2, 0) is 13.2 Å². The van der Waals surface area contributed by atoms with E-state index in [9.17, 15) is 13.6 Å². The molecule has 128 valence electrons. The van der Waals surface area contributed by atoms with Crippen LogP contribution >= 0.6 is 0 Å². The summed E-state index contributed by atoms with van der Waals surface area (Å²) in [6.45, 7) is 0.600. The van der Waals surface area contributed by atoms with Gasteiger partial charge in [0, 0.05) is 29.6 Å². The Morgan fingerprint density at radius 2 is 1.96 bits per heavy atom. The fourth-order valence-corrected chi connectivity index (χ4v) is 3.00. The predicted octanol–water partition coefficient (Wildman–Crippen LogP) is 3.30. The quantitative estimate of drug-likeness (QED) is 0.715. The SMILES string of the molecule is O=c1c2ccccc2cnn1CN(Cc1ccc(F)cc1F)C1CC1. The molecule has 1 aliphatic carbocycles. The fraction of sp³-hybridized carbons (Fsp3) is 0.263. The second kappa shape index (κ2) is 6.37. The van der Waals surface area contributed by atoms with Gasteiger partial charge in [-0.2, -0.15) is 5.10 Å². The van der Waals surface area contributed by atoms with E-state index in [-0.39, 0.29) is 12.2 Å². The molecule has 1 aliphatic rings. The molecule has 0 N–H and O–H groups in total. The second-order valence-corrected chi connectivity index (χ2v) is 6.39. The minimum Gasteiger partial charge on any atom is -0.277 e. The van der Waals surface area contributed by atoms with Crippen molar-refractivity contribution in [3.63, 3.8) is 0 Å². The van der Waals surface area contributed by atoms with Gasteiger partial charge in [0.25, 0.3) is 5.56 Å². The first-order chi connectivity index (χ1) is 12.1. The number of aromatic nitrogens is 2. The van der Waals surface area contributed by atoms with Gasteiger partial charge in [0.05, 0.1) is 18.3 Å². The van der Waals surface area contributed by atoms with E-state index in [0.717, 1.165) is 24.3 Å². The van der Waals surface area contributed by atoms with Crippen molar-refractivity contribution in [2.75, 3.05) is 0 Å². The molecule has 4 nitrogen and oxygen atoms in total. The molecule has 1 saturated carbocycles. The Balaban J connectivity index is 1.62. The smallest absolute Gasteiger partial charge is 0.275 e. The molecule has 25 heavy (non-hydrogen) atoms. The standard InChI is InChI=1S/C19H17F2N3O/c20-15-6-5-14(18(21)9-15)11-23(16-7-8-16)12-24-19(25)17-4-2-1-3-13(17)10-22-24/h1-6,9-10,16H,7-8,11-12H2. The van der Waals surface area contributed by atoms with Gasteiger partial charge < -0.3 is 0 Å². The highest BCUT2D eigenvalue weighted by Gasteiger charge is 2.30. The number of benzene rings is 2. The van der Waals surface area contributed by atoms with E-state index in [1.165, 1.54) is 16.8 Å². The summed E-state index contributed by atoms with van der Waals surface area (Å²) in [6, 6.07) is 11.2. The summed E-state index contributed by atoms with van der Waals surface area (Å²) in [5.74, 6) is -1.16. The van der Waals surface area contributed by atoms with Crippen LogP contribution in [0.1, 0.15) is 18.4 Å².